The molecule has 0 fully saturated rings. The van der Waals surface area contributed by atoms with E-state index in [1.165, 1.54) is 6.07 Å². The Morgan fingerprint density at radius 3 is 2.20 bits per heavy atom. The van der Waals surface area contributed by atoms with Crippen molar-refractivity contribution in [1.29, 1.82) is 0 Å². The molecule has 0 saturated heterocycles. The smallest absolute Gasteiger partial charge is 0.178 e. The summed E-state index contributed by atoms with van der Waals surface area (Å²) in [5.74, 6) is -2.16. The van der Waals surface area contributed by atoms with Gasteiger partial charge in [-0.25, -0.2) is 21.6 Å². The predicted octanol–water partition coefficient (Wildman–Crippen LogP) is 4.69. The third kappa shape index (κ3) is 3.26. The van der Waals surface area contributed by atoms with Gasteiger partial charge in [0.25, 0.3) is 0 Å². The van der Waals surface area contributed by atoms with Crippen LogP contribution in [0.2, 0.25) is 0 Å². The van der Waals surface area contributed by atoms with Gasteiger partial charge in [-0.2, -0.15) is 0 Å². The summed E-state index contributed by atoms with van der Waals surface area (Å²) in [6.07, 6.45) is 4.91. The molecule has 0 bridgehead atoms. The molecule has 2 aromatic rings. The Labute approximate surface area is 144 Å². The van der Waals surface area contributed by atoms with Crippen LogP contribution in [0.5, 0.6) is 0 Å². The maximum absolute atomic E-state index is 14.5. The quantitative estimate of drug-likeness (QED) is 0.792. The standard InChI is InChI=1S/C19H15F3O2S/c1-11-8-12(6-7-16(11)20)13-4-3-5-14(13)15-9-18(22)19(10-17(15)21)25(2,23)24/h4-10H,3H2,1-2H3. The number of allylic oxidation sites excluding steroid dienone is 4. The molecular formula is C19H15F3O2S. The van der Waals surface area contributed by atoms with Crippen LogP contribution in [0.1, 0.15) is 23.1 Å². The average Bonchev–Trinajstić information content (AvgIpc) is 3.00. The molecule has 0 aliphatic heterocycles. The van der Waals surface area contributed by atoms with E-state index in [1.807, 2.05) is 6.08 Å². The Morgan fingerprint density at radius 2 is 1.56 bits per heavy atom. The van der Waals surface area contributed by atoms with Crippen LogP contribution in [0.25, 0.3) is 11.1 Å². The highest BCUT2D eigenvalue weighted by atomic mass is 32.2. The molecule has 0 heterocycles. The first-order valence-electron chi connectivity index (χ1n) is 7.55. The minimum Gasteiger partial charge on any atom is -0.224 e. The van der Waals surface area contributed by atoms with E-state index in [1.54, 1.807) is 25.1 Å². The fraction of sp³-hybridized carbons (Fsp3) is 0.158. The summed E-state index contributed by atoms with van der Waals surface area (Å²) in [4.78, 5) is -0.671. The highest BCUT2D eigenvalue weighted by molar-refractivity contribution is 7.90. The lowest BCUT2D eigenvalue weighted by Gasteiger charge is -2.13. The summed E-state index contributed by atoms with van der Waals surface area (Å²) in [5, 5.41) is 0. The SMILES string of the molecule is Cc1cc(C2=CCC=C2c2cc(F)c(S(C)(=O)=O)cc2F)ccc1F. The molecule has 0 spiro atoms. The number of benzene rings is 2. The normalized spacial score (nSPS) is 14.4. The number of sulfone groups is 1. The number of halogens is 3. The minimum atomic E-state index is -3.86. The second-order valence-corrected chi connectivity index (χ2v) is 7.95. The molecule has 0 saturated carbocycles. The number of aryl methyl sites for hydroxylation is 1. The van der Waals surface area contributed by atoms with Crippen molar-refractivity contribution in [2.75, 3.05) is 6.26 Å². The first-order chi connectivity index (χ1) is 11.7. The number of rotatable bonds is 3. The van der Waals surface area contributed by atoms with E-state index >= 15 is 0 Å². The van der Waals surface area contributed by atoms with Gasteiger partial charge < -0.3 is 0 Å². The van der Waals surface area contributed by atoms with Gasteiger partial charge in [-0.3, -0.25) is 0 Å². The third-order valence-electron chi connectivity index (χ3n) is 4.11. The van der Waals surface area contributed by atoms with Crippen LogP contribution in [0.3, 0.4) is 0 Å². The Bertz CT molecular complexity index is 1030. The van der Waals surface area contributed by atoms with E-state index in [4.69, 9.17) is 0 Å². The molecule has 2 aromatic carbocycles. The molecule has 1 aliphatic rings. The number of hydrogen-bond donors (Lipinski definition) is 0. The van der Waals surface area contributed by atoms with Crippen molar-refractivity contribution in [2.45, 2.75) is 18.2 Å². The van der Waals surface area contributed by atoms with Gasteiger partial charge in [0.05, 0.1) is 0 Å². The summed E-state index contributed by atoms with van der Waals surface area (Å²) in [6, 6.07) is 6.14. The van der Waals surface area contributed by atoms with Crippen molar-refractivity contribution < 1.29 is 21.6 Å². The van der Waals surface area contributed by atoms with Crippen molar-refractivity contribution in [3.63, 3.8) is 0 Å². The Balaban J connectivity index is 2.09. The molecule has 6 heteroatoms. The van der Waals surface area contributed by atoms with Gasteiger partial charge >= 0.3 is 0 Å². The monoisotopic (exact) mass is 364 g/mol. The second kappa shape index (κ2) is 6.19. The molecule has 3 rings (SSSR count). The molecule has 0 aromatic heterocycles. The topological polar surface area (TPSA) is 34.1 Å². The van der Waals surface area contributed by atoms with E-state index in [0.717, 1.165) is 12.3 Å². The Morgan fingerprint density at radius 1 is 0.880 bits per heavy atom. The second-order valence-electron chi connectivity index (χ2n) is 5.97. The summed E-state index contributed by atoms with van der Waals surface area (Å²) >= 11 is 0. The van der Waals surface area contributed by atoms with E-state index in [0.29, 0.717) is 34.8 Å². The van der Waals surface area contributed by atoms with Gasteiger partial charge in [-0.05, 0) is 59.9 Å². The van der Waals surface area contributed by atoms with Crippen LogP contribution in [0.15, 0.2) is 47.4 Å². The predicted molar refractivity (Wildman–Crippen MR) is 91.2 cm³/mol. The van der Waals surface area contributed by atoms with Crippen molar-refractivity contribution in [2.24, 2.45) is 0 Å². The van der Waals surface area contributed by atoms with Crippen LogP contribution in [-0.4, -0.2) is 14.7 Å². The molecule has 0 atom stereocenters. The van der Waals surface area contributed by atoms with Gasteiger partial charge in [0.1, 0.15) is 22.3 Å². The van der Waals surface area contributed by atoms with Gasteiger partial charge in [0.2, 0.25) is 0 Å². The molecule has 2 nitrogen and oxygen atoms in total. The lowest BCUT2D eigenvalue weighted by Crippen LogP contribution is -2.04. The zero-order valence-corrected chi connectivity index (χ0v) is 14.4. The number of hydrogen-bond acceptors (Lipinski definition) is 2. The van der Waals surface area contributed by atoms with Crippen LogP contribution in [0, 0.1) is 24.4 Å². The third-order valence-corrected chi connectivity index (χ3v) is 5.23. The van der Waals surface area contributed by atoms with Gasteiger partial charge in [0, 0.05) is 11.8 Å². The maximum Gasteiger partial charge on any atom is 0.178 e. The first kappa shape index (κ1) is 17.5. The molecule has 0 unspecified atom stereocenters. The zero-order valence-electron chi connectivity index (χ0n) is 13.6. The van der Waals surface area contributed by atoms with Crippen LogP contribution in [-0.2, 0) is 9.84 Å². The summed E-state index contributed by atoms with van der Waals surface area (Å²) < 4.78 is 65.2. The summed E-state index contributed by atoms with van der Waals surface area (Å²) in [7, 11) is -3.86. The molecular weight excluding hydrogens is 349 g/mol. The molecule has 0 amide bonds. The van der Waals surface area contributed by atoms with E-state index in [-0.39, 0.29) is 11.4 Å². The molecule has 0 N–H and O–H groups in total. The van der Waals surface area contributed by atoms with Crippen molar-refractivity contribution in [3.05, 3.63) is 76.6 Å². The minimum absolute atomic E-state index is 0.0179. The van der Waals surface area contributed by atoms with E-state index < -0.39 is 26.4 Å². The van der Waals surface area contributed by atoms with E-state index in [9.17, 15) is 21.6 Å². The van der Waals surface area contributed by atoms with Gasteiger partial charge in [0.15, 0.2) is 9.84 Å². The van der Waals surface area contributed by atoms with Gasteiger partial charge in [-0.1, -0.05) is 18.2 Å². The fourth-order valence-electron chi connectivity index (χ4n) is 2.87. The Hall–Kier alpha value is -2.34. The van der Waals surface area contributed by atoms with Crippen LogP contribution >= 0.6 is 0 Å². The summed E-state index contributed by atoms with van der Waals surface area (Å²) in [5.41, 5.74) is 2.24. The average molecular weight is 364 g/mol. The van der Waals surface area contributed by atoms with Crippen LogP contribution in [0.4, 0.5) is 13.2 Å². The molecule has 130 valence electrons. The molecule has 25 heavy (non-hydrogen) atoms. The van der Waals surface area contributed by atoms with Crippen LogP contribution < -0.4 is 0 Å². The lowest BCUT2D eigenvalue weighted by atomic mass is 9.93. The Kier molecular flexibility index (Phi) is 4.33. The first-order valence-corrected chi connectivity index (χ1v) is 9.44. The molecule has 0 radical (unpaired) electrons. The van der Waals surface area contributed by atoms with E-state index in [2.05, 4.69) is 0 Å². The highest BCUT2D eigenvalue weighted by Crippen LogP contribution is 2.38. The van der Waals surface area contributed by atoms with Crippen molar-refractivity contribution in [3.8, 4) is 0 Å². The lowest BCUT2D eigenvalue weighted by molar-refractivity contribution is 0.554. The largest absolute Gasteiger partial charge is 0.224 e. The highest BCUT2D eigenvalue weighted by Gasteiger charge is 2.23. The van der Waals surface area contributed by atoms with Gasteiger partial charge in [-0.15, -0.1) is 0 Å². The molecule has 1 aliphatic carbocycles. The zero-order chi connectivity index (χ0) is 18.4. The fourth-order valence-corrected chi connectivity index (χ4v) is 3.60. The van der Waals surface area contributed by atoms with Crippen molar-refractivity contribution in [1.82, 2.24) is 0 Å². The van der Waals surface area contributed by atoms with Crippen molar-refractivity contribution >= 4 is 21.0 Å². The maximum atomic E-state index is 14.5. The summed E-state index contributed by atoms with van der Waals surface area (Å²) in [6.45, 7) is 1.62.